The van der Waals surface area contributed by atoms with E-state index in [0.717, 1.165) is 0 Å². The van der Waals surface area contributed by atoms with Crippen LogP contribution < -0.4 is 0 Å². The molecular formula is C13H22NP. The predicted molar refractivity (Wildman–Crippen MR) is 70.2 cm³/mol. The third-order valence-electron chi connectivity index (χ3n) is 2.53. The second kappa shape index (κ2) is 5.07. The van der Waals surface area contributed by atoms with Gasteiger partial charge in [-0.05, 0) is 29.6 Å². The zero-order valence-corrected chi connectivity index (χ0v) is 11.4. The minimum Gasteiger partial charge on any atom is -0.261 e. The first-order chi connectivity index (χ1) is 6.90. The van der Waals surface area contributed by atoms with Gasteiger partial charge < -0.3 is 0 Å². The highest BCUT2D eigenvalue weighted by Gasteiger charge is 2.23. The fourth-order valence-corrected chi connectivity index (χ4v) is 2.15. The molecule has 1 rings (SSSR count). The molecule has 0 bridgehead atoms. The molecule has 0 aliphatic heterocycles. The lowest BCUT2D eigenvalue weighted by atomic mass is 9.81. The van der Waals surface area contributed by atoms with Gasteiger partial charge in [0.2, 0.25) is 0 Å². The summed E-state index contributed by atoms with van der Waals surface area (Å²) in [5.41, 5.74) is 2.14. The van der Waals surface area contributed by atoms with Crippen LogP contribution in [0.25, 0.3) is 0 Å². The van der Waals surface area contributed by atoms with Crippen LogP contribution in [0.4, 0.5) is 0 Å². The molecule has 0 amide bonds. The van der Waals surface area contributed by atoms with E-state index in [4.69, 9.17) is 0 Å². The Morgan fingerprint density at radius 3 is 2.40 bits per heavy atom. The monoisotopic (exact) mass is 223 g/mol. The smallest absolute Gasteiger partial charge is 0.0440 e. The summed E-state index contributed by atoms with van der Waals surface area (Å²) in [5.74, 6) is 0.538. The maximum Gasteiger partial charge on any atom is 0.0440 e. The standard InChI is InChI=1S/C13H22NP/c1-10(15)11(9-13(2,3)4)12-7-5-6-8-14-12/h5-8,10-11H,9,15H2,1-4H3. The summed E-state index contributed by atoms with van der Waals surface area (Å²) in [6, 6.07) is 6.19. The predicted octanol–water partition coefficient (Wildman–Crippen LogP) is 3.87. The molecule has 0 aliphatic carbocycles. The molecule has 3 unspecified atom stereocenters. The van der Waals surface area contributed by atoms with E-state index >= 15 is 0 Å². The Labute approximate surface area is 95.9 Å². The van der Waals surface area contributed by atoms with E-state index in [-0.39, 0.29) is 0 Å². The average molecular weight is 223 g/mol. The van der Waals surface area contributed by atoms with Crippen molar-refractivity contribution in [1.82, 2.24) is 4.98 Å². The Bertz CT molecular complexity index is 287. The summed E-state index contributed by atoms with van der Waals surface area (Å²) in [6.45, 7) is 9.11. The van der Waals surface area contributed by atoms with Gasteiger partial charge in [0, 0.05) is 17.8 Å². The molecule has 0 N–H and O–H groups in total. The Morgan fingerprint density at radius 2 is 2.00 bits per heavy atom. The van der Waals surface area contributed by atoms with Gasteiger partial charge in [0.15, 0.2) is 0 Å². The Morgan fingerprint density at radius 1 is 1.33 bits per heavy atom. The first kappa shape index (κ1) is 12.6. The molecule has 0 radical (unpaired) electrons. The van der Waals surface area contributed by atoms with Gasteiger partial charge in [0.25, 0.3) is 0 Å². The fraction of sp³-hybridized carbons (Fsp3) is 0.615. The summed E-state index contributed by atoms with van der Waals surface area (Å²) in [5, 5.41) is 0. The molecule has 1 heterocycles. The molecule has 0 saturated heterocycles. The normalized spacial score (nSPS) is 16.1. The average Bonchev–Trinajstić information content (AvgIpc) is 2.14. The van der Waals surface area contributed by atoms with Crippen LogP contribution in [0.1, 0.15) is 45.7 Å². The molecule has 2 heteroatoms. The van der Waals surface area contributed by atoms with E-state index in [1.807, 2.05) is 12.3 Å². The Kier molecular flexibility index (Phi) is 4.28. The molecule has 1 nitrogen and oxygen atoms in total. The molecule has 0 spiro atoms. The minimum absolute atomic E-state index is 0.354. The molecule has 15 heavy (non-hydrogen) atoms. The van der Waals surface area contributed by atoms with Crippen molar-refractivity contribution in [2.24, 2.45) is 5.41 Å². The topological polar surface area (TPSA) is 12.9 Å². The molecule has 84 valence electrons. The second-order valence-electron chi connectivity index (χ2n) is 5.48. The van der Waals surface area contributed by atoms with E-state index < -0.39 is 0 Å². The summed E-state index contributed by atoms with van der Waals surface area (Å²) in [7, 11) is 2.91. The maximum absolute atomic E-state index is 4.47. The van der Waals surface area contributed by atoms with E-state index in [2.05, 4.69) is 54.1 Å². The van der Waals surface area contributed by atoms with E-state index in [0.29, 0.717) is 17.0 Å². The third-order valence-corrected chi connectivity index (χ3v) is 3.00. The first-order valence-corrected chi connectivity index (χ1v) is 6.23. The van der Waals surface area contributed by atoms with Gasteiger partial charge in [-0.25, -0.2) is 0 Å². The van der Waals surface area contributed by atoms with Crippen molar-refractivity contribution in [3.05, 3.63) is 30.1 Å². The summed E-state index contributed by atoms with van der Waals surface area (Å²) in [6.07, 6.45) is 3.06. The van der Waals surface area contributed by atoms with E-state index in [1.165, 1.54) is 12.1 Å². The minimum atomic E-state index is 0.354. The van der Waals surface area contributed by atoms with Crippen LogP contribution in [0.2, 0.25) is 0 Å². The van der Waals surface area contributed by atoms with Crippen LogP contribution in [0.3, 0.4) is 0 Å². The quantitative estimate of drug-likeness (QED) is 0.709. The van der Waals surface area contributed by atoms with Gasteiger partial charge in [0.05, 0.1) is 0 Å². The van der Waals surface area contributed by atoms with Gasteiger partial charge in [-0.3, -0.25) is 4.98 Å². The van der Waals surface area contributed by atoms with Crippen LogP contribution in [0.5, 0.6) is 0 Å². The molecular weight excluding hydrogens is 201 g/mol. The Balaban J connectivity index is 2.85. The molecule has 0 saturated carbocycles. The number of hydrogen-bond donors (Lipinski definition) is 0. The van der Waals surface area contributed by atoms with Crippen molar-refractivity contribution in [2.45, 2.75) is 45.7 Å². The summed E-state index contributed by atoms with van der Waals surface area (Å²) in [4.78, 5) is 4.47. The number of pyridine rings is 1. The van der Waals surface area contributed by atoms with Gasteiger partial charge in [-0.2, -0.15) is 0 Å². The first-order valence-electron chi connectivity index (χ1n) is 5.56. The van der Waals surface area contributed by atoms with Crippen LogP contribution in [0.15, 0.2) is 24.4 Å². The van der Waals surface area contributed by atoms with Crippen LogP contribution in [0, 0.1) is 5.41 Å². The van der Waals surface area contributed by atoms with Gasteiger partial charge in [-0.1, -0.05) is 33.8 Å². The molecule has 1 aromatic rings. The summed E-state index contributed by atoms with van der Waals surface area (Å²) >= 11 is 0. The van der Waals surface area contributed by atoms with Gasteiger partial charge in [0.1, 0.15) is 0 Å². The molecule has 3 atom stereocenters. The SMILES string of the molecule is CC(P)C(CC(C)(C)C)c1ccccn1. The summed E-state index contributed by atoms with van der Waals surface area (Å²) < 4.78 is 0. The van der Waals surface area contributed by atoms with Gasteiger partial charge >= 0.3 is 0 Å². The highest BCUT2D eigenvalue weighted by Crippen LogP contribution is 2.35. The lowest BCUT2D eigenvalue weighted by molar-refractivity contribution is 0.335. The van der Waals surface area contributed by atoms with Crippen LogP contribution >= 0.6 is 9.24 Å². The number of nitrogens with zero attached hydrogens (tertiary/aromatic N) is 1. The Hall–Kier alpha value is -0.420. The second-order valence-corrected chi connectivity index (χ2v) is 6.54. The van der Waals surface area contributed by atoms with Crippen LogP contribution in [-0.4, -0.2) is 10.6 Å². The molecule has 0 fully saturated rings. The van der Waals surface area contributed by atoms with Crippen molar-refractivity contribution in [3.63, 3.8) is 0 Å². The number of hydrogen-bond acceptors (Lipinski definition) is 1. The van der Waals surface area contributed by atoms with Crippen molar-refractivity contribution in [3.8, 4) is 0 Å². The highest BCUT2D eigenvalue weighted by atomic mass is 31.0. The number of rotatable bonds is 3. The molecule has 0 aliphatic rings. The maximum atomic E-state index is 4.47. The molecule has 0 aromatic carbocycles. The van der Waals surface area contributed by atoms with Crippen molar-refractivity contribution in [1.29, 1.82) is 0 Å². The lowest BCUT2D eigenvalue weighted by Crippen LogP contribution is -2.18. The third kappa shape index (κ3) is 4.30. The van der Waals surface area contributed by atoms with E-state index in [1.54, 1.807) is 0 Å². The van der Waals surface area contributed by atoms with Crippen LogP contribution in [-0.2, 0) is 0 Å². The highest BCUT2D eigenvalue weighted by molar-refractivity contribution is 7.17. The van der Waals surface area contributed by atoms with E-state index in [9.17, 15) is 0 Å². The van der Waals surface area contributed by atoms with Crippen molar-refractivity contribution >= 4 is 9.24 Å². The zero-order chi connectivity index (χ0) is 11.5. The molecule has 1 aromatic heterocycles. The lowest BCUT2D eigenvalue weighted by Gasteiger charge is -2.28. The zero-order valence-electron chi connectivity index (χ0n) is 10.2. The van der Waals surface area contributed by atoms with Crippen molar-refractivity contribution < 1.29 is 0 Å². The number of aromatic nitrogens is 1. The largest absolute Gasteiger partial charge is 0.261 e. The van der Waals surface area contributed by atoms with Crippen molar-refractivity contribution in [2.75, 3.05) is 0 Å². The van der Waals surface area contributed by atoms with Gasteiger partial charge in [-0.15, -0.1) is 9.24 Å². The fourth-order valence-electron chi connectivity index (χ4n) is 1.81.